The lowest BCUT2D eigenvalue weighted by molar-refractivity contribution is 0.0303. The Kier molecular flexibility index (Phi) is 5.44. The van der Waals surface area contributed by atoms with Crippen LogP contribution in [-0.2, 0) is 11.3 Å². The molecule has 2 N–H and O–H groups in total. The number of benzene rings is 1. The molecule has 9 nitrogen and oxygen atoms in total. The van der Waals surface area contributed by atoms with Gasteiger partial charge in [-0.3, -0.25) is 14.0 Å². The highest BCUT2D eigenvalue weighted by Crippen LogP contribution is 2.13. The average Bonchev–Trinajstić information content (AvgIpc) is 2.79. The molecule has 0 bridgehead atoms. The molecule has 1 aromatic carbocycles. The van der Waals surface area contributed by atoms with Gasteiger partial charge in [-0.25, -0.2) is 9.78 Å². The van der Waals surface area contributed by atoms with E-state index in [1.165, 1.54) is 22.7 Å². The van der Waals surface area contributed by atoms with Gasteiger partial charge in [0.1, 0.15) is 5.69 Å². The number of amides is 1. The number of aromatic nitrogens is 2. The Morgan fingerprint density at radius 2 is 1.87 bits per heavy atom. The number of aromatic carboxylic acids is 1. The van der Waals surface area contributed by atoms with Crippen molar-refractivity contribution in [1.82, 2.24) is 14.3 Å². The van der Waals surface area contributed by atoms with Gasteiger partial charge in [-0.15, -0.1) is 0 Å². The highest BCUT2D eigenvalue weighted by atomic mass is 16.5. The molecule has 0 aliphatic carbocycles. The third-order valence-electron chi connectivity index (χ3n) is 4.94. The van der Waals surface area contributed by atoms with Gasteiger partial charge in [0.2, 0.25) is 0 Å². The Balaban J connectivity index is 1.57. The summed E-state index contributed by atoms with van der Waals surface area (Å²) in [7, 11) is 0. The molecule has 1 aliphatic heterocycles. The van der Waals surface area contributed by atoms with Crippen LogP contribution in [0.1, 0.15) is 26.3 Å². The van der Waals surface area contributed by atoms with Gasteiger partial charge in [-0.05, 0) is 29.8 Å². The Morgan fingerprint density at radius 1 is 1.13 bits per heavy atom. The van der Waals surface area contributed by atoms with Crippen molar-refractivity contribution in [2.24, 2.45) is 0 Å². The fraction of sp³-hybridized carbons (Fsp3) is 0.238. The molecule has 1 amide bonds. The second kappa shape index (κ2) is 8.34. The van der Waals surface area contributed by atoms with Crippen molar-refractivity contribution in [2.45, 2.75) is 6.54 Å². The van der Waals surface area contributed by atoms with E-state index in [0.717, 1.165) is 5.56 Å². The van der Waals surface area contributed by atoms with E-state index >= 15 is 0 Å². The Morgan fingerprint density at radius 3 is 2.57 bits per heavy atom. The summed E-state index contributed by atoms with van der Waals surface area (Å²) in [6.07, 6.45) is 2.99. The maximum atomic E-state index is 12.9. The third kappa shape index (κ3) is 3.87. The minimum atomic E-state index is -0.992. The number of nitrogens with zero attached hydrogens (tertiary/aromatic N) is 3. The molecule has 3 heterocycles. The molecule has 1 aliphatic rings. The Labute approximate surface area is 171 Å². The van der Waals surface area contributed by atoms with Crippen LogP contribution in [-0.4, -0.2) is 57.6 Å². The number of ether oxygens (including phenoxy) is 1. The number of nitrogens with one attached hydrogen (secondary N) is 1. The summed E-state index contributed by atoms with van der Waals surface area (Å²) in [4.78, 5) is 42.7. The molecule has 2 aromatic heterocycles. The van der Waals surface area contributed by atoms with E-state index in [9.17, 15) is 14.4 Å². The van der Waals surface area contributed by atoms with Crippen LogP contribution in [0.2, 0.25) is 0 Å². The van der Waals surface area contributed by atoms with Crippen LogP contribution >= 0.6 is 0 Å². The number of pyridine rings is 1. The van der Waals surface area contributed by atoms with Crippen molar-refractivity contribution in [3.05, 3.63) is 75.8 Å². The highest BCUT2D eigenvalue weighted by molar-refractivity contribution is 5.99. The summed E-state index contributed by atoms with van der Waals surface area (Å²) < 4.78 is 6.64. The molecular formula is C21H20N4O5. The number of morpholine rings is 1. The number of rotatable bonds is 5. The van der Waals surface area contributed by atoms with E-state index in [-0.39, 0.29) is 22.7 Å². The largest absolute Gasteiger partial charge is 0.478 e. The van der Waals surface area contributed by atoms with Crippen LogP contribution in [0.5, 0.6) is 0 Å². The van der Waals surface area contributed by atoms with E-state index in [4.69, 9.17) is 9.84 Å². The number of hydrogen-bond acceptors (Lipinski definition) is 6. The van der Waals surface area contributed by atoms with Crippen molar-refractivity contribution < 1.29 is 19.4 Å². The quantitative estimate of drug-likeness (QED) is 0.657. The van der Waals surface area contributed by atoms with Gasteiger partial charge in [0, 0.05) is 25.8 Å². The average molecular weight is 408 g/mol. The zero-order chi connectivity index (χ0) is 21.1. The third-order valence-corrected chi connectivity index (χ3v) is 4.94. The van der Waals surface area contributed by atoms with Gasteiger partial charge >= 0.3 is 5.97 Å². The number of carboxylic acids is 1. The zero-order valence-corrected chi connectivity index (χ0v) is 16.1. The van der Waals surface area contributed by atoms with Crippen LogP contribution in [0.3, 0.4) is 0 Å². The lowest BCUT2D eigenvalue weighted by atomic mass is 10.1. The van der Waals surface area contributed by atoms with E-state index < -0.39 is 5.97 Å². The number of carbonyl (C=O) groups is 2. The fourth-order valence-electron chi connectivity index (χ4n) is 3.29. The lowest BCUT2D eigenvalue weighted by Gasteiger charge is -2.27. The molecule has 30 heavy (non-hydrogen) atoms. The van der Waals surface area contributed by atoms with Crippen LogP contribution in [0.25, 0.3) is 5.65 Å². The molecule has 154 valence electrons. The first-order chi connectivity index (χ1) is 14.5. The zero-order valence-electron chi connectivity index (χ0n) is 16.1. The fourth-order valence-corrected chi connectivity index (χ4v) is 3.29. The van der Waals surface area contributed by atoms with Crippen LogP contribution < -0.4 is 10.9 Å². The second-order valence-electron chi connectivity index (χ2n) is 6.85. The first kappa shape index (κ1) is 19.6. The van der Waals surface area contributed by atoms with E-state index in [1.54, 1.807) is 35.4 Å². The molecule has 9 heteroatoms. The molecular weight excluding hydrogens is 388 g/mol. The topological polar surface area (TPSA) is 113 Å². The van der Waals surface area contributed by atoms with Crippen molar-refractivity contribution in [3.8, 4) is 0 Å². The van der Waals surface area contributed by atoms with Crippen molar-refractivity contribution in [1.29, 1.82) is 0 Å². The second-order valence-corrected chi connectivity index (χ2v) is 6.85. The molecule has 0 unspecified atom stereocenters. The number of hydrogen-bond donors (Lipinski definition) is 2. The first-order valence-electron chi connectivity index (χ1n) is 9.48. The van der Waals surface area contributed by atoms with Gasteiger partial charge in [-0.1, -0.05) is 12.1 Å². The van der Waals surface area contributed by atoms with Gasteiger partial charge in [0.05, 0.1) is 30.5 Å². The van der Waals surface area contributed by atoms with Crippen LogP contribution in [0.15, 0.2) is 53.6 Å². The van der Waals surface area contributed by atoms with Crippen molar-refractivity contribution in [3.63, 3.8) is 0 Å². The summed E-state index contributed by atoms with van der Waals surface area (Å²) >= 11 is 0. The summed E-state index contributed by atoms with van der Waals surface area (Å²) in [6, 6.07) is 9.70. The van der Waals surface area contributed by atoms with Gasteiger partial charge in [-0.2, -0.15) is 0 Å². The van der Waals surface area contributed by atoms with Gasteiger partial charge in [0.25, 0.3) is 11.5 Å². The number of carboxylic acid groups (broad SMARTS) is 1. The predicted molar refractivity (Wildman–Crippen MR) is 109 cm³/mol. The smallest absolute Gasteiger partial charge is 0.335 e. The van der Waals surface area contributed by atoms with E-state index in [0.29, 0.717) is 44.1 Å². The molecule has 4 rings (SSSR count). The maximum Gasteiger partial charge on any atom is 0.335 e. The van der Waals surface area contributed by atoms with Crippen molar-refractivity contribution in [2.75, 3.05) is 31.6 Å². The van der Waals surface area contributed by atoms with Crippen LogP contribution in [0, 0.1) is 0 Å². The Hall–Kier alpha value is -3.72. The lowest BCUT2D eigenvalue weighted by Crippen LogP contribution is -2.41. The Bertz CT molecular complexity index is 1150. The number of fused-ring (bicyclic) bond motifs is 1. The number of anilines is 1. The minimum absolute atomic E-state index is 0.178. The standard InChI is InChI=1S/C21H20N4O5/c26-19(24-8-10-30-11-9-24)16-2-1-7-25-18(16)23-13-17(20(25)27)22-12-14-3-5-15(6-4-14)21(28)29/h1-7,13,22H,8-12H2,(H,28,29). The molecule has 0 atom stereocenters. The maximum absolute atomic E-state index is 12.9. The predicted octanol–water partition coefficient (Wildman–Crippen LogP) is 1.48. The SMILES string of the molecule is O=C(O)c1ccc(CNc2cnc3c(C(=O)N4CCOCC4)cccn3c2=O)cc1. The monoisotopic (exact) mass is 408 g/mol. The molecule has 1 fully saturated rings. The summed E-state index contributed by atoms with van der Waals surface area (Å²) in [5.74, 6) is -1.17. The van der Waals surface area contributed by atoms with Crippen molar-refractivity contribution >= 4 is 23.2 Å². The first-order valence-corrected chi connectivity index (χ1v) is 9.48. The number of carbonyl (C=O) groups excluding carboxylic acids is 1. The van der Waals surface area contributed by atoms with Crippen LogP contribution in [0.4, 0.5) is 5.69 Å². The van der Waals surface area contributed by atoms with E-state index in [2.05, 4.69) is 10.3 Å². The summed E-state index contributed by atoms with van der Waals surface area (Å²) in [5.41, 5.74) is 1.65. The van der Waals surface area contributed by atoms with Gasteiger partial charge < -0.3 is 20.1 Å². The molecule has 1 saturated heterocycles. The molecule has 0 radical (unpaired) electrons. The summed E-state index contributed by atoms with van der Waals surface area (Å²) in [5, 5.41) is 12.0. The van der Waals surface area contributed by atoms with Gasteiger partial charge in [0.15, 0.2) is 5.65 Å². The molecule has 3 aromatic rings. The normalized spacial score (nSPS) is 13.9. The van der Waals surface area contributed by atoms with E-state index in [1.807, 2.05) is 0 Å². The minimum Gasteiger partial charge on any atom is -0.478 e. The molecule has 0 saturated carbocycles. The highest BCUT2D eigenvalue weighted by Gasteiger charge is 2.21. The molecule has 0 spiro atoms. The summed E-state index contributed by atoms with van der Waals surface area (Å²) in [6.45, 7) is 2.32.